The quantitative estimate of drug-likeness (QED) is 0.727. The molecule has 0 unspecified atom stereocenters. The summed E-state index contributed by atoms with van der Waals surface area (Å²) in [6.45, 7) is 0.426. The molecule has 0 fully saturated rings. The Kier molecular flexibility index (Phi) is 6.54. The molecule has 2 aromatic rings. The van der Waals surface area contributed by atoms with E-state index in [1.165, 1.54) is 19.2 Å². The maximum absolute atomic E-state index is 13.8. The number of fused-ring (bicyclic) bond motifs is 1. The molecule has 9 heteroatoms. The van der Waals surface area contributed by atoms with E-state index in [0.717, 1.165) is 17.9 Å². The number of rotatable bonds is 5. The topological polar surface area (TPSA) is 76.1 Å². The number of hydrogen-bond acceptors (Lipinski definition) is 5. The first kappa shape index (κ1) is 22.6. The first-order chi connectivity index (χ1) is 14.7. The zero-order valence-electron chi connectivity index (χ0n) is 17.0. The minimum Gasteiger partial charge on any atom is -0.497 e. The van der Waals surface area contributed by atoms with Gasteiger partial charge in [-0.1, -0.05) is 18.2 Å². The van der Waals surface area contributed by atoms with E-state index in [1.807, 2.05) is 0 Å². The average Bonchev–Trinajstić information content (AvgIpc) is 2.83. The fraction of sp³-hybridized carbons (Fsp3) is 0.364. The van der Waals surface area contributed by atoms with E-state index in [-0.39, 0.29) is 24.2 Å². The highest BCUT2D eigenvalue weighted by molar-refractivity contribution is 6.00. The Morgan fingerprint density at radius 2 is 1.87 bits per heavy atom. The number of halogens is 3. The average molecular weight is 437 g/mol. The fourth-order valence-corrected chi connectivity index (χ4v) is 3.86. The van der Waals surface area contributed by atoms with Gasteiger partial charge < -0.3 is 19.5 Å². The molecule has 3 rings (SSSR count). The SMILES string of the molecule is COc1ccc([C@@H]2Cc3c(cccc3C(F)(F)F)N(CCO)C(=O)[C@@H]2OC(C)=O)cc1. The van der Waals surface area contributed by atoms with Gasteiger partial charge in [-0.25, -0.2) is 0 Å². The molecule has 1 heterocycles. The minimum absolute atomic E-state index is 0.0436. The fourth-order valence-electron chi connectivity index (χ4n) is 3.86. The number of carbonyl (C=O) groups is 2. The van der Waals surface area contributed by atoms with Gasteiger partial charge in [0, 0.05) is 25.1 Å². The number of amides is 1. The summed E-state index contributed by atoms with van der Waals surface area (Å²) in [5.74, 6) is -1.76. The third-order valence-electron chi connectivity index (χ3n) is 5.21. The monoisotopic (exact) mass is 437 g/mol. The molecule has 0 aliphatic carbocycles. The van der Waals surface area contributed by atoms with Gasteiger partial charge in [0.1, 0.15) is 5.75 Å². The standard InChI is InChI=1S/C22H22F3NO5/c1-13(28)31-20-16(14-6-8-15(30-2)9-7-14)12-17-18(22(23,24)25)4-3-5-19(17)26(10-11-27)21(20)29/h3-9,16,20,27H,10-12H2,1-2H3/t16-,20+/m0/s1. The van der Waals surface area contributed by atoms with Crippen LogP contribution in [0.4, 0.5) is 18.9 Å². The number of ether oxygens (including phenoxy) is 2. The molecule has 0 bridgehead atoms. The summed E-state index contributed by atoms with van der Waals surface area (Å²) in [6.07, 6.45) is -6.19. The Bertz CT molecular complexity index is 959. The molecular formula is C22H22F3NO5. The first-order valence-electron chi connectivity index (χ1n) is 9.59. The predicted molar refractivity (Wildman–Crippen MR) is 106 cm³/mol. The van der Waals surface area contributed by atoms with Crippen LogP contribution in [0.25, 0.3) is 0 Å². The Hall–Kier alpha value is -3.07. The summed E-state index contributed by atoms with van der Waals surface area (Å²) in [6, 6.07) is 10.1. The van der Waals surface area contributed by atoms with Gasteiger partial charge in [-0.05, 0) is 41.8 Å². The van der Waals surface area contributed by atoms with Crippen molar-refractivity contribution < 1.29 is 37.3 Å². The van der Waals surface area contributed by atoms with E-state index in [4.69, 9.17) is 9.47 Å². The maximum Gasteiger partial charge on any atom is 0.416 e. The van der Waals surface area contributed by atoms with Crippen LogP contribution < -0.4 is 9.64 Å². The van der Waals surface area contributed by atoms with Crippen LogP contribution in [-0.2, 0) is 26.9 Å². The molecule has 0 aromatic heterocycles. The molecule has 0 saturated heterocycles. The summed E-state index contributed by atoms with van der Waals surface area (Å²) in [4.78, 5) is 26.2. The summed E-state index contributed by atoms with van der Waals surface area (Å²) in [5.41, 5.74) is -0.397. The molecule has 1 amide bonds. The number of esters is 1. The van der Waals surface area contributed by atoms with Crippen LogP contribution in [0, 0.1) is 0 Å². The van der Waals surface area contributed by atoms with Crippen LogP contribution in [0.2, 0.25) is 0 Å². The van der Waals surface area contributed by atoms with Crippen LogP contribution in [0.5, 0.6) is 5.75 Å². The number of aliphatic hydroxyl groups is 1. The van der Waals surface area contributed by atoms with Crippen molar-refractivity contribution in [2.45, 2.75) is 31.5 Å². The van der Waals surface area contributed by atoms with Crippen LogP contribution >= 0.6 is 0 Å². The zero-order chi connectivity index (χ0) is 22.8. The number of anilines is 1. The highest BCUT2D eigenvalue weighted by atomic mass is 19.4. The van der Waals surface area contributed by atoms with Crippen LogP contribution in [0.1, 0.15) is 29.5 Å². The smallest absolute Gasteiger partial charge is 0.416 e. The number of hydrogen-bond donors (Lipinski definition) is 1. The molecule has 1 N–H and O–H groups in total. The highest BCUT2D eigenvalue weighted by Crippen LogP contribution is 2.42. The Morgan fingerprint density at radius 1 is 1.19 bits per heavy atom. The molecule has 2 aromatic carbocycles. The summed E-state index contributed by atoms with van der Waals surface area (Å²) in [7, 11) is 1.48. The number of benzene rings is 2. The molecule has 2 atom stereocenters. The van der Waals surface area contributed by atoms with Crippen molar-refractivity contribution in [3.8, 4) is 5.75 Å². The van der Waals surface area contributed by atoms with Gasteiger partial charge >= 0.3 is 12.1 Å². The van der Waals surface area contributed by atoms with Crippen molar-refractivity contribution in [1.82, 2.24) is 0 Å². The van der Waals surface area contributed by atoms with Gasteiger partial charge in [0.05, 0.1) is 19.3 Å². The van der Waals surface area contributed by atoms with E-state index in [9.17, 15) is 27.9 Å². The van der Waals surface area contributed by atoms with Crippen LogP contribution in [0.3, 0.4) is 0 Å². The molecule has 6 nitrogen and oxygen atoms in total. The van der Waals surface area contributed by atoms with Crippen molar-refractivity contribution in [2.24, 2.45) is 0 Å². The Morgan fingerprint density at radius 3 is 2.42 bits per heavy atom. The lowest BCUT2D eigenvalue weighted by atomic mass is 9.86. The molecule has 1 aliphatic heterocycles. The number of carbonyl (C=O) groups excluding carboxylic acids is 2. The van der Waals surface area contributed by atoms with E-state index in [2.05, 4.69) is 0 Å². The van der Waals surface area contributed by atoms with Crippen LogP contribution in [0.15, 0.2) is 42.5 Å². The first-order valence-corrected chi connectivity index (χ1v) is 9.59. The van der Waals surface area contributed by atoms with E-state index >= 15 is 0 Å². The van der Waals surface area contributed by atoms with Gasteiger partial charge in [-0.3, -0.25) is 9.59 Å². The summed E-state index contributed by atoms with van der Waals surface area (Å²) < 4.78 is 51.8. The second-order valence-electron chi connectivity index (χ2n) is 7.13. The van der Waals surface area contributed by atoms with Crippen molar-refractivity contribution >= 4 is 17.6 Å². The highest BCUT2D eigenvalue weighted by Gasteiger charge is 2.43. The molecule has 166 valence electrons. The van der Waals surface area contributed by atoms with Crippen LogP contribution in [-0.4, -0.2) is 43.3 Å². The largest absolute Gasteiger partial charge is 0.497 e. The second-order valence-corrected chi connectivity index (χ2v) is 7.13. The van der Waals surface area contributed by atoms with Gasteiger partial charge in [0.2, 0.25) is 0 Å². The molecule has 0 spiro atoms. The molecule has 31 heavy (non-hydrogen) atoms. The van der Waals surface area contributed by atoms with Gasteiger partial charge in [0.15, 0.2) is 6.10 Å². The minimum atomic E-state index is -4.65. The lowest BCUT2D eigenvalue weighted by Crippen LogP contribution is -2.44. The number of aliphatic hydroxyl groups excluding tert-OH is 1. The lowest BCUT2D eigenvalue weighted by Gasteiger charge is -2.27. The van der Waals surface area contributed by atoms with E-state index in [0.29, 0.717) is 11.3 Å². The van der Waals surface area contributed by atoms with E-state index in [1.54, 1.807) is 24.3 Å². The number of methoxy groups -OCH3 is 1. The van der Waals surface area contributed by atoms with Crippen molar-refractivity contribution in [1.29, 1.82) is 0 Å². The maximum atomic E-state index is 13.8. The predicted octanol–water partition coefficient (Wildman–Crippen LogP) is 3.31. The molecule has 0 radical (unpaired) electrons. The lowest BCUT2D eigenvalue weighted by molar-refractivity contribution is -0.154. The van der Waals surface area contributed by atoms with Crippen molar-refractivity contribution in [3.63, 3.8) is 0 Å². The zero-order valence-corrected chi connectivity index (χ0v) is 17.0. The number of nitrogens with zero attached hydrogens (tertiary/aromatic N) is 1. The normalized spacial score (nSPS) is 18.9. The van der Waals surface area contributed by atoms with Gasteiger partial charge in [0.25, 0.3) is 5.91 Å². The summed E-state index contributed by atoms with van der Waals surface area (Å²) >= 11 is 0. The summed E-state index contributed by atoms with van der Waals surface area (Å²) in [5, 5.41) is 9.45. The van der Waals surface area contributed by atoms with Gasteiger partial charge in [-0.15, -0.1) is 0 Å². The number of alkyl halides is 3. The third kappa shape index (κ3) is 4.66. The number of β-amino-alcohol motifs (C(OH)–C–C–N with tert-alkyl or cyclic N) is 1. The van der Waals surface area contributed by atoms with Crippen molar-refractivity contribution in [2.75, 3.05) is 25.2 Å². The molecule has 0 saturated carbocycles. The van der Waals surface area contributed by atoms with Crippen molar-refractivity contribution in [3.05, 3.63) is 59.2 Å². The van der Waals surface area contributed by atoms with E-state index < -0.39 is 42.2 Å². The second kappa shape index (κ2) is 8.97. The molecular weight excluding hydrogens is 415 g/mol. The Balaban J connectivity index is 2.22. The molecule has 1 aliphatic rings. The van der Waals surface area contributed by atoms with Gasteiger partial charge in [-0.2, -0.15) is 13.2 Å². The Labute approximate surface area is 177 Å². The third-order valence-corrected chi connectivity index (χ3v) is 5.21.